The lowest BCUT2D eigenvalue weighted by Gasteiger charge is -2.06. The maximum absolute atomic E-state index is 11.5. The molecular formula is C24H46N2O4. The number of unbranched alkanes of at least 4 members (excludes halogenated alkanes) is 10. The molecule has 0 rings (SSSR count). The van der Waals surface area contributed by atoms with Crippen molar-refractivity contribution in [1.29, 1.82) is 0 Å². The summed E-state index contributed by atoms with van der Waals surface area (Å²) in [6.45, 7) is 4.02. The van der Waals surface area contributed by atoms with Gasteiger partial charge in [-0.1, -0.05) is 50.7 Å². The van der Waals surface area contributed by atoms with E-state index in [2.05, 4.69) is 22.8 Å². The van der Waals surface area contributed by atoms with Gasteiger partial charge in [-0.15, -0.1) is 0 Å². The molecule has 0 saturated heterocycles. The molecule has 0 fully saturated rings. The monoisotopic (exact) mass is 426 g/mol. The van der Waals surface area contributed by atoms with E-state index in [0.29, 0.717) is 25.9 Å². The van der Waals surface area contributed by atoms with Crippen molar-refractivity contribution < 1.29 is 19.8 Å². The van der Waals surface area contributed by atoms with E-state index in [1.54, 1.807) is 13.8 Å². The maximum Gasteiger partial charge on any atom is 0.220 e. The SMILES string of the molecule is CC(O)CNC(=O)CCCCCCC/C=C/CCCCCCCC(=O)NCC(C)O. The molecule has 30 heavy (non-hydrogen) atoms. The summed E-state index contributed by atoms with van der Waals surface area (Å²) in [5.74, 6) is 0.0779. The first-order valence-electron chi connectivity index (χ1n) is 12.0. The molecule has 0 aromatic heterocycles. The van der Waals surface area contributed by atoms with Crippen LogP contribution in [0.4, 0.5) is 0 Å². The molecule has 0 aromatic carbocycles. The molecule has 4 N–H and O–H groups in total. The molecule has 2 atom stereocenters. The van der Waals surface area contributed by atoms with Crippen LogP contribution in [0, 0.1) is 0 Å². The summed E-state index contributed by atoms with van der Waals surface area (Å²) >= 11 is 0. The first-order valence-corrected chi connectivity index (χ1v) is 12.0. The lowest BCUT2D eigenvalue weighted by atomic mass is 10.1. The Balaban J connectivity index is 3.27. The van der Waals surface area contributed by atoms with Crippen LogP contribution in [0.25, 0.3) is 0 Å². The molecule has 0 aliphatic rings. The van der Waals surface area contributed by atoms with Gasteiger partial charge in [0.1, 0.15) is 0 Å². The lowest BCUT2D eigenvalue weighted by Crippen LogP contribution is -2.30. The van der Waals surface area contributed by atoms with E-state index in [4.69, 9.17) is 10.2 Å². The molecule has 0 aliphatic heterocycles. The first kappa shape index (κ1) is 28.6. The Bertz CT molecular complexity index is 410. The minimum absolute atomic E-state index is 0.0389. The Morgan fingerprint density at radius 3 is 1.33 bits per heavy atom. The summed E-state index contributed by atoms with van der Waals surface area (Å²) in [4.78, 5) is 23.0. The molecule has 2 unspecified atom stereocenters. The van der Waals surface area contributed by atoms with Crippen molar-refractivity contribution in [3.8, 4) is 0 Å². The quantitative estimate of drug-likeness (QED) is 0.175. The third-order valence-corrected chi connectivity index (χ3v) is 4.91. The molecule has 0 radical (unpaired) electrons. The Kier molecular flexibility index (Phi) is 19.9. The van der Waals surface area contributed by atoms with Gasteiger partial charge in [0, 0.05) is 25.9 Å². The van der Waals surface area contributed by atoms with E-state index in [1.165, 1.54) is 38.5 Å². The Hall–Kier alpha value is -1.40. The van der Waals surface area contributed by atoms with Crippen molar-refractivity contribution in [2.24, 2.45) is 0 Å². The van der Waals surface area contributed by atoms with E-state index >= 15 is 0 Å². The van der Waals surface area contributed by atoms with Crippen LogP contribution < -0.4 is 10.6 Å². The molecule has 0 saturated carbocycles. The second kappa shape index (κ2) is 20.9. The summed E-state index contributed by atoms with van der Waals surface area (Å²) < 4.78 is 0. The van der Waals surface area contributed by atoms with Crippen molar-refractivity contribution in [1.82, 2.24) is 10.6 Å². The van der Waals surface area contributed by atoms with Crippen LogP contribution in [0.1, 0.15) is 104 Å². The number of nitrogens with one attached hydrogen (secondary N) is 2. The minimum atomic E-state index is -0.478. The van der Waals surface area contributed by atoms with E-state index in [1.807, 2.05) is 0 Å². The highest BCUT2D eigenvalue weighted by Gasteiger charge is 2.03. The van der Waals surface area contributed by atoms with E-state index in [0.717, 1.165) is 38.5 Å². The molecule has 0 aromatic rings. The van der Waals surface area contributed by atoms with Gasteiger partial charge in [-0.25, -0.2) is 0 Å². The van der Waals surface area contributed by atoms with Crippen LogP contribution in [-0.2, 0) is 9.59 Å². The minimum Gasteiger partial charge on any atom is -0.392 e. The van der Waals surface area contributed by atoms with Gasteiger partial charge in [0.2, 0.25) is 11.8 Å². The average molecular weight is 427 g/mol. The third kappa shape index (κ3) is 22.9. The van der Waals surface area contributed by atoms with Gasteiger partial charge in [0.15, 0.2) is 0 Å². The first-order chi connectivity index (χ1) is 14.4. The highest BCUT2D eigenvalue weighted by Crippen LogP contribution is 2.10. The van der Waals surface area contributed by atoms with Gasteiger partial charge >= 0.3 is 0 Å². The highest BCUT2D eigenvalue weighted by atomic mass is 16.3. The number of carbonyl (C=O) groups is 2. The van der Waals surface area contributed by atoms with Crippen molar-refractivity contribution in [2.75, 3.05) is 13.1 Å². The number of aliphatic hydroxyl groups excluding tert-OH is 2. The van der Waals surface area contributed by atoms with Gasteiger partial charge in [-0.2, -0.15) is 0 Å². The Morgan fingerprint density at radius 2 is 0.967 bits per heavy atom. The van der Waals surface area contributed by atoms with Crippen LogP contribution in [0.15, 0.2) is 12.2 Å². The fourth-order valence-electron chi connectivity index (χ4n) is 3.09. The Labute approximate surface area is 183 Å². The number of allylic oxidation sites excluding steroid dienone is 2. The van der Waals surface area contributed by atoms with E-state index in [-0.39, 0.29) is 11.8 Å². The van der Waals surface area contributed by atoms with Crippen LogP contribution in [-0.4, -0.2) is 47.3 Å². The predicted octanol–water partition coefficient (Wildman–Crippen LogP) is 4.00. The summed E-state index contributed by atoms with van der Waals surface area (Å²) in [5, 5.41) is 23.7. The number of aliphatic hydroxyl groups is 2. The third-order valence-electron chi connectivity index (χ3n) is 4.91. The van der Waals surface area contributed by atoms with Gasteiger partial charge in [0.05, 0.1) is 12.2 Å². The fraction of sp³-hybridized carbons (Fsp3) is 0.833. The van der Waals surface area contributed by atoms with Crippen LogP contribution >= 0.6 is 0 Å². The number of amides is 2. The van der Waals surface area contributed by atoms with E-state index in [9.17, 15) is 9.59 Å². The standard InChI is InChI=1S/C24H46N2O4/c1-21(27)19-25-23(29)17-15-13-11-9-7-5-3-4-6-8-10-12-14-16-18-24(30)26-20-22(2)28/h3-4,21-22,27-28H,5-20H2,1-2H3,(H,25,29)(H,26,30)/b4-3+. The van der Waals surface area contributed by atoms with Crippen molar-refractivity contribution in [3.05, 3.63) is 12.2 Å². The zero-order chi connectivity index (χ0) is 22.5. The number of hydrogen-bond donors (Lipinski definition) is 4. The number of carbonyl (C=O) groups excluding carboxylic acids is 2. The van der Waals surface area contributed by atoms with Crippen molar-refractivity contribution in [3.63, 3.8) is 0 Å². The van der Waals surface area contributed by atoms with Gasteiger partial charge in [-0.3, -0.25) is 9.59 Å². The largest absolute Gasteiger partial charge is 0.392 e. The van der Waals surface area contributed by atoms with Crippen LogP contribution in [0.5, 0.6) is 0 Å². The molecule has 2 amide bonds. The average Bonchev–Trinajstić information content (AvgIpc) is 2.70. The molecule has 176 valence electrons. The number of hydrogen-bond acceptors (Lipinski definition) is 4. The molecule has 6 nitrogen and oxygen atoms in total. The normalized spacial score (nSPS) is 13.3. The summed E-state index contributed by atoms with van der Waals surface area (Å²) in [5.41, 5.74) is 0. The van der Waals surface area contributed by atoms with Crippen molar-refractivity contribution >= 4 is 11.8 Å². The molecule has 0 bridgehead atoms. The predicted molar refractivity (Wildman–Crippen MR) is 123 cm³/mol. The van der Waals surface area contributed by atoms with Gasteiger partial charge in [0.25, 0.3) is 0 Å². The maximum atomic E-state index is 11.5. The van der Waals surface area contributed by atoms with E-state index < -0.39 is 12.2 Å². The highest BCUT2D eigenvalue weighted by molar-refractivity contribution is 5.76. The second-order valence-corrected chi connectivity index (χ2v) is 8.39. The summed E-state index contributed by atoms with van der Waals surface area (Å²) in [7, 11) is 0. The van der Waals surface area contributed by atoms with Crippen LogP contribution in [0.2, 0.25) is 0 Å². The molecule has 0 spiro atoms. The van der Waals surface area contributed by atoms with Crippen LogP contribution in [0.3, 0.4) is 0 Å². The Morgan fingerprint density at radius 1 is 0.633 bits per heavy atom. The molecule has 0 heterocycles. The zero-order valence-electron chi connectivity index (χ0n) is 19.3. The second-order valence-electron chi connectivity index (χ2n) is 8.39. The molecule has 0 aliphatic carbocycles. The molecule has 6 heteroatoms. The summed E-state index contributed by atoms with van der Waals surface area (Å²) in [6.07, 6.45) is 18.2. The topological polar surface area (TPSA) is 98.7 Å². The zero-order valence-corrected chi connectivity index (χ0v) is 19.3. The summed E-state index contributed by atoms with van der Waals surface area (Å²) in [6, 6.07) is 0. The van der Waals surface area contributed by atoms with Gasteiger partial charge in [-0.05, 0) is 52.4 Å². The lowest BCUT2D eigenvalue weighted by molar-refractivity contribution is -0.122. The molecular weight excluding hydrogens is 380 g/mol. The van der Waals surface area contributed by atoms with Crippen molar-refractivity contribution in [2.45, 2.75) is 116 Å². The van der Waals surface area contributed by atoms with Gasteiger partial charge < -0.3 is 20.8 Å². The fourth-order valence-corrected chi connectivity index (χ4v) is 3.09. The number of rotatable bonds is 20. The smallest absolute Gasteiger partial charge is 0.220 e.